The molecular weight excluding hydrogens is 478 g/mol. The minimum atomic E-state index is -0.354. The first-order valence-corrected chi connectivity index (χ1v) is 13.0. The quantitative estimate of drug-likeness (QED) is 0.305. The Labute approximate surface area is 222 Å². The first kappa shape index (κ1) is 25.5. The fraction of sp³-hybridized carbons (Fsp3) is 0.429. The molecule has 196 valence electrons. The summed E-state index contributed by atoms with van der Waals surface area (Å²) in [5.74, 6) is 2.13. The third-order valence-corrected chi connectivity index (χ3v) is 6.83. The van der Waals surface area contributed by atoms with Gasteiger partial charge in [-0.1, -0.05) is 0 Å². The number of benzene rings is 1. The summed E-state index contributed by atoms with van der Waals surface area (Å²) in [6.45, 7) is 8.72. The summed E-state index contributed by atoms with van der Waals surface area (Å²) < 4.78 is 7.44. The second-order valence-electron chi connectivity index (χ2n) is 10.2. The van der Waals surface area contributed by atoms with E-state index in [0.717, 1.165) is 77.5 Å². The van der Waals surface area contributed by atoms with Gasteiger partial charge >= 0.3 is 0 Å². The fourth-order valence-corrected chi connectivity index (χ4v) is 4.84. The molecule has 0 bridgehead atoms. The molecule has 5 rings (SSSR count). The van der Waals surface area contributed by atoms with E-state index in [1.807, 2.05) is 50.7 Å². The molecule has 3 aromatic heterocycles. The lowest BCUT2D eigenvalue weighted by Crippen LogP contribution is -2.54. The van der Waals surface area contributed by atoms with E-state index in [2.05, 4.69) is 43.6 Å². The minimum Gasteiger partial charge on any atom is -0.382 e. The molecular formula is C28H33N9O. The van der Waals surface area contributed by atoms with Crippen LogP contribution in [0.1, 0.15) is 37.9 Å². The van der Waals surface area contributed by atoms with Gasteiger partial charge in [-0.2, -0.15) is 5.26 Å². The molecule has 1 fully saturated rings. The SMILES string of the molecule is CCOCCCCc1cc(-c2nncn2C)ccc1Nc1ncc2cc(C)nc(N3CC(C)(C#N)C3)c2n1. The van der Waals surface area contributed by atoms with Crippen molar-refractivity contribution in [3.8, 4) is 17.5 Å². The number of nitrogens with zero attached hydrogens (tertiary/aromatic N) is 8. The summed E-state index contributed by atoms with van der Waals surface area (Å²) in [5.41, 5.74) is 4.44. The lowest BCUT2D eigenvalue weighted by atomic mass is 9.83. The van der Waals surface area contributed by atoms with Crippen LogP contribution in [0.25, 0.3) is 22.3 Å². The third-order valence-electron chi connectivity index (χ3n) is 6.83. The van der Waals surface area contributed by atoms with Crippen LogP contribution in [0.3, 0.4) is 0 Å². The van der Waals surface area contributed by atoms with Crippen LogP contribution in [0.5, 0.6) is 0 Å². The highest BCUT2D eigenvalue weighted by Gasteiger charge is 2.40. The standard InChI is InChI=1S/C28H33N9O/c1-5-38-11-7-6-8-20-13-21(25-35-31-18-36(25)4)9-10-23(20)33-27-30-14-22-12-19(2)32-26(24(22)34-27)37-16-28(3,15-29)17-37/h9-10,12-14,18H,5-8,11,16-17H2,1-4H3,(H,30,33,34). The van der Waals surface area contributed by atoms with Gasteiger partial charge in [0.1, 0.15) is 11.8 Å². The normalized spacial score (nSPS) is 14.3. The molecule has 4 heterocycles. The van der Waals surface area contributed by atoms with Crippen LogP contribution in [0.15, 0.2) is 36.8 Å². The van der Waals surface area contributed by atoms with Crippen LogP contribution in [-0.2, 0) is 18.2 Å². The Hall–Kier alpha value is -4.10. The van der Waals surface area contributed by atoms with Gasteiger partial charge in [0.25, 0.3) is 0 Å². The summed E-state index contributed by atoms with van der Waals surface area (Å²) in [4.78, 5) is 16.4. The Bertz CT molecular complexity index is 1480. The molecule has 38 heavy (non-hydrogen) atoms. The summed E-state index contributed by atoms with van der Waals surface area (Å²) >= 11 is 0. The molecule has 10 nitrogen and oxygen atoms in total. The number of hydrogen-bond acceptors (Lipinski definition) is 9. The van der Waals surface area contributed by atoms with E-state index in [9.17, 15) is 5.26 Å². The second kappa shape index (κ2) is 10.7. The van der Waals surface area contributed by atoms with E-state index in [1.54, 1.807) is 6.33 Å². The van der Waals surface area contributed by atoms with Gasteiger partial charge in [0, 0.05) is 61.9 Å². The van der Waals surface area contributed by atoms with Crippen molar-refractivity contribution in [1.82, 2.24) is 29.7 Å². The number of aryl methyl sites for hydroxylation is 3. The topological polar surface area (TPSA) is 118 Å². The predicted molar refractivity (Wildman–Crippen MR) is 147 cm³/mol. The Balaban J connectivity index is 1.44. The summed E-state index contributed by atoms with van der Waals surface area (Å²) in [5, 5.41) is 22.1. The van der Waals surface area contributed by atoms with E-state index in [-0.39, 0.29) is 5.41 Å². The molecule has 1 saturated heterocycles. The van der Waals surface area contributed by atoms with E-state index in [0.29, 0.717) is 19.0 Å². The molecule has 0 spiro atoms. The number of fused-ring (bicyclic) bond motifs is 1. The second-order valence-corrected chi connectivity index (χ2v) is 10.2. The molecule has 1 aromatic carbocycles. The number of aromatic nitrogens is 6. The Kier molecular flexibility index (Phi) is 7.20. The number of nitrogens with one attached hydrogen (secondary N) is 1. The van der Waals surface area contributed by atoms with Gasteiger partial charge in [0.15, 0.2) is 11.6 Å². The summed E-state index contributed by atoms with van der Waals surface area (Å²) in [7, 11) is 1.94. The van der Waals surface area contributed by atoms with E-state index in [1.165, 1.54) is 0 Å². The van der Waals surface area contributed by atoms with Crippen molar-refractivity contribution in [3.63, 3.8) is 0 Å². The van der Waals surface area contributed by atoms with Crippen molar-refractivity contribution in [1.29, 1.82) is 5.26 Å². The number of pyridine rings is 1. The lowest BCUT2D eigenvalue weighted by molar-refractivity contribution is 0.143. The predicted octanol–water partition coefficient (Wildman–Crippen LogP) is 4.58. The van der Waals surface area contributed by atoms with Crippen LogP contribution < -0.4 is 10.2 Å². The largest absolute Gasteiger partial charge is 0.382 e. The van der Waals surface area contributed by atoms with Crippen LogP contribution in [0, 0.1) is 23.7 Å². The van der Waals surface area contributed by atoms with Crippen LogP contribution >= 0.6 is 0 Å². The Morgan fingerprint density at radius 3 is 2.76 bits per heavy atom. The summed E-state index contributed by atoms with van der Waals surface area (Å²) in [6.07, 6.45) is 6.40. The molecule has 1 aliphatic rings. The maximum absolute atomic E-state index is 9.46. The number of hydrogen-bond donors (Lipinski definition) is 1. The maximum atomic E-state index is 9.46. The van der Waals surface area contributed by atoms with Gasteiger partial charge in [-0.15, -0.1) is 10.2 Å². The average molecular weight is 512 g/mol. The number of ether oxygens (including phenoxy) is 1. The molecule has 0 atom stereocenters. The van der Waals surface area contributed by atoms with Crippen LogP contribution in [0.2, 0.25) is 0 Å². The van der Waals surface area contributed by atoms with E-state index < -0.39 is 0 Å². The summed E-state index contributed by atoms with van der Waals surface area (Å²) in [6, 6.07) is 10.6. The molecule has 0 saturated carbocycles. The van der Waals surface area contributed by atoms with Crippen molar-refractivity contribution in [2.24, 2.45) is 12.5 Å². The molecule has 10 heteroatoms. The molecule has 1 aliphatic heterocycles. The highest BCUT2D eigenvalue weighted by molar-refractivity contribution is 5.90. The molecule has 0 radical (unpaired) electrons. The Morgan fingerprint density at radius 1 is 1.18 bits per heavy atom. The van der Waals surface area contributed by atoms with Gasteiger partial charge in [-0.25, -0.2) is 15.0 Å². The first-order chi connectivity index (χ1) is 18.4. The highest BCUT2D eigenvalue weighted by atomic mass is 16.5. The van der Waals surface area contributed by atoms with Gasteiger partial charge in [0.05, 0.1) is 11.5 Å². The fourth-order valence-electron chi connectivity index (χ4n) is 4.84. The van der Waals surface area contributed by atoms with Crippen molar-refractivity contribution >= 4 is 28.4 Å². The van der Waals surface area contributed by atoms with Crippen molar-refractivity contribution in [3.05, 3.63) is 48.0 Å². The van der Waals surface area contributed by atoms with Crippen LogP contribution in [0.4, 0.5) is 17.5 Å². The number of nitriles is 1. The Morgan fingerprint density at radius 2 is 2.03 bits per heavy atom. The zero-order chi connectivity index (χ0) is 26.7. The van der Waals surface area contributed by atoms with E-state index >= 15 is 0 Å². The average Bonchev–Trinajstić information content (AvgIpc) is 3.33. The van der Waals surface area contributed by atoms with Crippen molar-refractivity contribution in [2.45, 2.75) is 40.0 Å². The van der Waals surface area contributed by atoms with Crippen LogP contribution in [-0.4, -0.2) is 56.0 Å². The van der Waals surface area contributed by atoms with Crippen molar-refractivity contribution in [2.75, 3.05) is 36.5 Å². The molecule has 0 aliphatic carbocycles. The third kappa shape index (κ3) is 5.29. The number of anilines is 3. The lowest BCUT2D eigenvalue weighted by Gasteiger charge is -2.44. The smallest absolute Gasteiger partial charge is 0.227 e. The molecule has 0 unspecified atom stereocenters. The molecule has 4 aromatic rings. The number of unbranched alkanes of at least 4 members (excludes halogenated alkanes) is 1. The molecule has 0 amide bonds. The zero-order valence-corrected chi connectivity index (χ0v) is 22.4. The minimum absolute atomic E-state index is 0.354. The maximum Gasteiger partial charge on any atom is 0.227 e. The van der Waals surface area contributed by atoms with E-state index in [4.69, 9.17) is 14.7 Å². The monoisotopic (exact) mass is 511 g/mol. The van der Waals surface area contributed by atoms with Gasteiger partial charge < -0.3 is 19.5 Å². The van der Waals surface area contributed by atoms with Gasteiger partial charge in [0.2, 0.25) is 5.95 Å². The van der Waals surface area contributed by atoms with Gasteiger partial charge in [-0.3, -0.25) is 0 Å². The van der Waals surface area contributed by atoms with Crippen molar-refractivity contribution < 1.29 is 4.74 Å². The molecule has 1 N–H and O–H groups in total. The van der Waals surface area contributed by atoms with Gasteiger partial charge in [-0.05, 0) is 69.9 Å². The number of rotatable bonds is 10. The zero-order valence-electron chi connectivity index (χ0n) is 22.4. The first-order valence-electron chi connectivity index (χ1n) is 13.0. The highest BCUT2D eigenvalue weighted by Crippen LogP contribution is 2.36.